The molecule has 0 radical (unpaired) electrons. The zero-order chi connectivity index (χ0) is 26.2. The Bertz CT molecular complexity index is 1120. The molecule has 3 aliphatic rings. The van der Waals surface area contributed by atoms with E-state index in [-0.39, 0.29) is 31.3 Å². The maximum absolute atomic E-state index is 13.7. The Morgan fingerprint density at radius 2 is 1.54 bits per heavy atom. The molecule has 1 aliphatic carbocycles. The van der Waals surface area contributed by atoms with E-state index in [9.17, 15) is 22.8 Å². The SMILES string of the molecule is O=C(CN1CCN(C(=O)c2cc(-c3ccc(Cl)cc3)oc2C(F)(F)F)CC1)N1CCN(C2CCC2)CC1. The molecular weight excluding hydrogens is 509 g/mol. The number of halogens is 4. The van der Waals surface area contributed by atoms with Crippen molar-refractivity contribution < 1.29 is 27.2 Å². The molecule has 0 N–H and O–H groups in total. The van der Waals surface area contributed by atoms with E-state index in [0.717, 1.165) is 32.2 Å². The molecule has 0 unspecified atom stereocenters. The Kier molecular flexibility index (Phi) is 7.51. The van der Waals surface area contributed by atoms with Gasteiger partial charge in [-0.15, -0.1) is 0 Å². The molecule has 1 saturated carbocycles. The van der Waals surface area contributed by atoms with Crippen molar-refractivity contribution in [2.45, 2.75) is 31.5 Å². The fourth-order valence-corrected chi connectivity index (χ4v) is 5.30. The molecule has 0 spiro atoms. The van der Waals surface area contributed by atoms with Gasteiger partial charge in [-0.2, -0.15) is 13.2 Å². The predicted molar refractivity (Wildman–Crippen MR) is 132 cm³/mol. The van der Waals surface area contributed by atoms with Crippen LogP contribution < -0.4 is 0 Å². The Morgan fingerprint density at radius 1 is 0.919 bits per heavy atom. The van der Waals surface area contributed by atoms with E-state index in [0.29, 0.717) is 29.7 Å². The number of rotatable bonds is 5. The van der Waals surface area contributed by atoms with Crippen LogP contribution in [-0.2, 0) is 11.0 Å². The summed E-state index contributed by atoms with van der Waals surface area (Å²) in [6.45, 7) is 4.83. The molecule has 1 aromatic heterocycles. The number of carbonyl (C=O) groups excluding carboxylic acids is 2. The third-order valence-corrected chi connectivity index (χ3v) is 7.88. The van der Waals surface area contributed by atoms with Gasteiger partial charge in [-0.3, -0.25) is 19.4 Å². The molecule has 2 aromatic rings. The highest BCUT2D eigenvalue weighted by Gasteiger charge is 2.42. The normalized spacial score (nSPS) is 20.2. The van der Waals surface area contributed by atoms with Gasteiger partial charge in [0.2, 0.25) is 11.7 Å². The Labute approximate surface area is 218 Å². The first-order valence-corrected chi connectivity index (χ1v) is 13.1. The summed E-state index contributed by atoms with van der Waals surface area (Å²) in [4.78, 5) is 33.6. The smallest absolute Gasteiger partial charge is 0.450 e. The van der Waals surface area contributed by atoms with E-state index >= 15 is 0 Å². The lowest BCUT2D eigenvalue weighted by Crippen LogP contribution is -2.56. The summed E-state index contributed by atoms with van der Waals surface area (Å²) in [5, 5.41) is 0.440. The van der Waals surface area contributed by atoms with E-state index in [1.165, 1.54) is 24.2 Å². The molecule has 7 nitrogen and oxygen atoms in total. The number of furan rings is 1. The third kappa shape index (κ3) is 5.81. The summed E-state index contributed by atoms with van der Waals surface area (Å²) >= 11 is 5.87. The Hall–Kier alpha value is -2.56. The molecule has 3 heterocycles. The second-order valence-electron chi connectivity index (χ2n) is 9.93. The lowest BCUT2D eigenvalue weighted by Gasteiger charge is -2.43. The third-order valence-electron chi connectivity index (χ3n) is 7.63. The highest BCUT2D eigenvalue weighted by atomic mass is 35.5. The summed E-state index contributed by atoms with van der Waals surface area (Å²) in [7, 11) is 0. The van der Waals surface area contributed by atoms with Crippen molar-refractivity contribution in [3.63, 3.8) is 0 Å². The zero-order valence-corrected chi connectivity index (χ0v) is 21.2. The Morgan fingerprint density at radius 3 is 2.11 bits per heavy atom. The van der Waals surface area contributed by atoms with Crippen LogP contribution in [0.2, 0.25) is 5.02 Å². The van der Waals surface area contributed by atoms with Crippen molar-refractivity contribution in [2.75, 3.05) is 58.9 Å². The molecule has 200 valence electrons. The minimum Gasteiger partial charge on any atom is -0.451 e. The Balaban J connectivity index is 1.17. The predicted octanol–water partition coefficient (Wildman–Crippen LogP) is 4.07. The molecule has 11 heteroatoms. The van der Waals surface area contributed by atoms with Gasteiger partial charge in [-0.05, 0) is 43.2 Å². The minimum absolute atomic E-state index is 0.0472. The van der Waals surface area contributed by atoms with E-state index < -0.39 is 23.4 Å². The number of piperazine rings is 2. The lowest BCUT2D eigenvalue weighted by molar-refractivity contribution is -0.153. The largest absolute Gasteiger partial charge is 0.451 e. The van der Waals surface area contributed by atoms with Crippen LogP contribution >= 0.6 is 11.6 Å². The lowest BCUT2D eigenvalue weighted by atomic mass is 9.91. The van der Waals surface area contributed by atoms with Crippen LogP contribution in [-0.4, -0.2) is 96.4 Å². The van der Waals surface area contributed by atoms with Crippen LogP contribution in [0.15, 0.2) is 34.7 Å². The van der Waals surface area contributed by atoms with Crippen molar-refractivity contribution in [2.24, 2.45) is 0 Å². The van der Waals surface area contributed by atoms with Crippen LogP contribution in [0.3, 0.4) is 0 Å². The zero-order valence-electron chi connectivity index (χ0n) is 20.5. The number of hydrogen-bond donors (Lipinski definition) is 0. The standard InChI is InChI=1S/C26H30ClF3N4O3/c27-19-6-4-18(5-7-19)22-16-21(24(37-22)26(28,29)30)25(36)34-10-8-31(9-11-34)17-23(35)33-14-12-32(13-15-33)20-2-1-3-20/h4-7,16,20H,1-3,8-15,17H2. The number of benzene rings is 1. The molecular formula is C26H30ClF3N4O3. The van der Waals surface area contributed by atoms with Gasteiger partial charge in [0.15, 0.2) is 0 Å². The highest BCUT2D eigenvalue weighted by molar-refractivity contribution is 6.30. The van der Waals surface area contributed by atoms with Gasteiger partial charge in [0.25, 0.3) is 5.91 Å². The fourth-order valence-electron chi connectivity index (χ4n) is 5.18. The summed E-state index contributed by atoms with van der Waals surface area (Å²) in [5.74, 6) is -2.01. The van der Waals surface area contributed by atoms with Crippen molar-refractivity contribution in [3.05, 3.63) is 46.7 Å². The van der Waals surface area contributed by atoms with Crippen LogP contribution in [0.25, 0.3) is 11.3 Å². The minimum atomic E-state index is -4.81. The average Bonchev–Trinajstić information content (AvgIpc) is 3.30. The molecule has 1 aromatic carbocycles. The van der Waals surface area contributed by atoms with Crippen LogP contribution in [0, 0.1) is 0 Å². The first-order valence-electron chi connectivity index (χ1n) is 12.7. The van der Waals surface area contributed by atoms with Gasteiger partial charge in [-0.1, -0.05) is 18.0 Å². The number of hydrogen-bond acceptors (Lipinski definition) is 5. The maximum Gasteiger partial charge on any atom is 0.450 e. The summed E-state index contributed by atoms with van der Waals surface area (Å²) in [6, 6.07) is 7.99. The summed E-state index contributed by atoms with van der Waals surface area (Å²) in [6.07, 6.45) is -1.02. The van der Waals surface area contributed by atoms with Crippen LogP contribution in [0.4, 0.5) is 13.2 Å². The van der Waals surface area contributed by atoms with E-state index in [2.05, 4.69) is 4.90 Å². The van der Waals surface area contributed by atoms with E-state index in [4.69, 9.17) is 16.0 Å². The van der Waals surface area contributed by atoms with Crippen molar-refractivity contribution >= 4 is 23.4 Å². The highest BCUT2D eigenvalue weighted by Crippen LogP contribution is 2.38. The first-order chi connectivity index (χ1) is 17.7. The summed E-state index contributed by atoms with van der Waals surface area (Å²) in [5.41, 5.74) is -0.114. The van der Waals surface area contributed by atoms with E-state index in [1.54, 1.807) is 24.3 Å². The summed E-state index contributed by atoms with van der Waals surface area (Å²) < 4.78 is 46.2. The monoisotopic (exact) mass is 538 g/mol. The average molecular weight is 539 g/mol. The maximum atomic E-state index is 13.7. The van der Waals surface area contributed by atoms with Crippen LogP contribution in [0.5, 0.6) is 0 Å². The van der Waals surface area contributed by atoms with Gasteiger partial charge in [-0.25, -0.2) is 0 Å². The molecule has 2 amide bonds. The second-order valence-corrected chi connectivity index (χ2v) is 10.4. The second kappa shape index (κ2) is 10.7. The van der Waals surface area contributed by atoms with Gasteiger partial charge in [0.1, 0.15) is 5.76 Å². The molecule has 2 aliphatic heterocycles. The number of nitrogens with zero attached hydrogens (tertiary/aromatic N) is 4. The fraction of sp³-hybridized carbons (Fsp3) is 0.538. The number of alkyl halides is 3. The van der Waals surface area contributed by atoms with Gasteiger partial charge in [0.05, 0.1) is 12.1 Å². The molecule has 0 bridgehead atoms. The van der Waals surface area contributed by atoms with Gasteiger partial charge >= 0.3 is 6.18 Å². The first kappa shape index (κ1) is 26.1. The number of carbonyl (C=O) groups is 2. The van der Waals surface area contributed by atoms with Gasteiger partial charge < -0.3 is 14.2 Å². The molecule has 5 rings (SSSR count). The van der Waals surface area contributed by atoms with E-state index in [1.807, 2.05) is 9.80 Å². The quantitative estimate of drug-likeness (QED) is 0.574. The molecule has 3 fully saturated rings. The topological polar surface area (TPSA) is 60.2 Å². The van der Waals surface area contributed by atoms with Gasteiger partial charge in [0, 0.05) is 69.0 Å². The molecule has 0 atom stereocenters. The molecule has 2 saturated heterocycles. The van der Waals surface area contributed by atoms with Crippen molar-refractivity contribution in [1.29, 1.82) is 0 Å². The number of amides is 2. The van der Waals surface area contributed by atoms with Crippen molar-refractivity contribution in [1.82, 2.24) is 19.6 Å². The van der Waals surface area contributed by atoms with Crippen LogP contribution in [0.1, 0.15) is 35.4 Å². The van der Waals surface area contributed by atoms with Crippen molar-refractivity contribution in [3.8, 4) is 11.3 Å². The molecule has 37 heavy (non-hydrogen) atoms.